The zero-order chi connectivity index (χ0) is 25.2. The number of amides is 1. The fourth-order valence-corrected chi connectivity index (χ4v) is 4.77. The third kappa shape index (κ3) is 5.30. The van der Waals surface area contributed by atoms with Crippen LogP contribution in [0.25, 0.3) is 10.9 Å². The van der Waals surface area contributed by atoms with E-state index in [4.69, 9.17) is 0 Å². The largest absolute Gasteiger partial charge is 0.328 e. The minimum atomic E-state index is -4.14. The molecule has 0 fully saturated rings. The summed E-state index contributed by atoms with van der Waals surface area (Å²) in [5, 5.41) is 3.01. The number of halogens is 1. The molecule has 0 atom stereocenters. The van der Waals surface area contributed by atoms with Gasteiger partial charge in [-0.15, -0.1) is 0 Å². The summed E-state index contributed by atoms with van der Waals surface area (Å²) >= 11 is 0. The molecule has 9 nitrogen and oxygen atoms in total. The Morgan fingerprint density at radius 1 is 1.00 bits per heavy atom. The van der Waals surface area contributed by atoms with Crippen molar-refractivity contribution >= 4 is 38.2 Å². The van der Waals surface area contributed by atoms with Crippen molar-refractivity contribution in [3.05, 3.63) is 98.9 Å². The molecule has 0 saturated heterocycles. The van der Waals surface area contributed by atoms with Crippen molar-refractivity contribution in [2.75, 3.05) is 10.0 Å². The average Bonchev–Trinajstić information content (AvgIpc) is 2.81. The van der Waals surface area contributed by atoms with Gasteiger partial charge in [0.25, 0.3) is 15.6 Å². The lowest BCUT2D eigenvalue weighted by molar-refractivity contribution is -0.116. The maximum atomic E-state index is 14.0. The summed E-state index contributed by atoms with van der Waals surface area (Å²) in [5.41, 5.74) is 0.515. The van der Waals surface area contributed by atoms with E-state index in [9.17, 15) is 27.2 Å². The fourth-order valence-electron chi connectivity index (χ4n) is 3.55. The van der Waals surface area contributed by atoms with E-state index in [1.165, 1.54) is 41.0 Å². The fraction of sp³-hybridized carbons (Fsp3) is 0.125. The first kappa shape index (κ1) is 23.9. The number of nitrogens with zero attached hydrogens (tertiary/aromatic N) is 1. The molecule has 1 aromatic heterocycles. The van der Waals surface area contributed by atoms with Gasteiger partial charge in [0.05, 0.1) is 10.9 Å². The normalized spacial score (nSPS) is 11.4. The number of carbonyl (C=O) groups excluding carboxylic acids is 1. The molecule has 1 amide bonds. The summed E-state index contributed by atoms with van der Waals surface area (Å²) in [6, 6.07) is 16.2. The number of hydrogen-bond acceptors (Lipinski definition) is 5. The second kappa shape index (κ2) is 9.55. The number of aryl methyl sites for hydroxylation is 2. The first-order valence-electron chi connectivity index (χ1n) is 10.5. The van der Waals surface area contributed by atoms with Crippen LogP contribution in [0.5, 0.6) is 0 Å². The maximum Gasteiger partial charge on any atom is 0.328 e. The molecule has 3 N–H and O–H groups in total. The molecule has 11 heteroatoms. The van der Waals surface area contributed by atoms with Crippen LogP contribution < -0.4 is 21.3 Å². The van der Waals surface area contributed by atoms with Crippen LogP contribution in [-0.2, 0) is 21.4 Å². The minimum Gasteiger partial charge on any atom is -0.326 e. The van der Waals surface area contributed by atoms with Gasteiger partial charge < -0.3 is 5.32 Å². The summed E-state index contributed by atoms with van der Waals surface area (Å²) in [7, 11) is -4.14. The molecule has 35 heavy (non-hydrogen) atoms. The van der Waals surface area contributed by atoms with Gasteiger partial charge in [-0.3, -0.25) is 23.9 Å². The van der Waals surface area contributed by atoms with Crippen LogP contribution in [0.2, 0.25) is 0 Å². The molecule has 0 aliphatic heterocycles. The van der Waals surface area contributed by atoms with Gasteiger partial charge in [0.1, 0.15) is 10.7 Å². The Hall–Kier alpha value is -4.25. The zero-order valence-electron chi connectivity index (χ0n) is 18.5. The Morgan fingerprint density at radius 2 is 1.69 bits per heavy atom. The molecule has 0 aliphatic rings. The number of anilines is 2. The van der Waals surface area contributed by atoms with Crippen molar-refractivity contribution in [3.63, 3.8) is 0 Å². The minimum absolute atomic E-state index is 0.0436. The summed E-state index contributed by atoms with van der Waals surface area (Å²) in [6.07, 6.45) is -0.0447. The number of sulfonamides is 1. The first-order valence-corrected chi connectivity index (χ1v) is 12.0. The Morgan fingerprint density at radius 3 is 2.43 bits per heavy atom. The molecule has 4 aromatic rings. The summed E-state index contributed by atoms with van der Waals surface area (Å²) < 4.78 is 42.7. The quantitative estimate of drug-likeness (QED) is 0.362. The van der Waals surface area contributed by atoms with Crippen molar-refractivity contribution in [1.82, 2.24) is 9.55 Å². The van der Waals surface area contributed by atoms with Gasteiger partial charge in [-0.25, -0.2) is 17.6 Å². The second-order valence-electron chi connectivity index (χ2n) is 7.84. The van der Waals surface area contributed by atoms with Crippen LogP contribution in [0.1, 0.15) is 12.0 Å². The first-order chi connectivity index (χ1) is 16.6. The van der Waals surface area contributed by atoms with E-state index >= 15 is 0 Å². The standard InChI is InChI=1S/C24H21FN4O5S/c1-15-6-11-19(25)21(14-15)35(33,34)28-17-9-7-16(8-10-17)26-22(30)12-13-29-20-5-3-2-4-18(20)23(31)27-24(29)32/h2-11,14,28H,12-13H2,1H3,(H,26,30)(H,27,31,32). The van der Waals surface area contributed by atoms with Gasteiger partial charge in [0, 0.05) is 24.3 Å². The Kier molecular flexibility index (Phi) is 6.52. The molecule has 0 bridgehead atoms. The number of fused-ring (bicyclic) bond motifs is 1. The number of benzene rings is 3. The zero-order valence-corrected chi connectivity index (χ0v) is 19.4. The molecule has 4 rings (SSSR count). The molecule has 0 spiro atoms. The number of H-pyrrole nitrogens is 1. The van der Waals surface area contributed by atoms with E-state index in [1.54, 1.807) is 31.2 Å². The predicted octanol–water partition coefficient (Wildman–Crippen LogP) is 2.97. The van der Waals surface area contributed by atoms with E-state index in [0.717, 1.165) is 6.07 Å². The third-order valence-electron chi connectivity index (χ3n) is 5.26. The number of nitrogens with one attached hydrogen (secondary N) is 3. The van der Waals surface area contributed by atoms with Crippen LogP contribution in [0, 0.1) is 12.7 Å². The van der Waals surface area contributed by atoms with E-state index < -0.39 is 32.0 Å². The highest BCUT2D eigenvalue weighted by Crippen LogP contribution is 2.21. The van der Waals surface area contributed by atoms with Crippen LogP contribution in [0.4, 0.5) is 15.8 Å². The molecule has 0 radical (unpaired) electrons. The molecule has 1 heterocycles. The summed E-state index contributed by atoms with van der Waals surface area (Å²) in [6.45, 7) is 1.70. The van der Waals surface area contributed by atoms with E-state index in [0.29, 0.717) is 22.2 Å². The lowest BCUT2D eigenvalue weighted by atomic mass is 10.2. The van der Waals surface area contributed by atoms with Crippen LogP contribution >= 0.6 is 0 Å². The van der Waals surface area contributed by atoms with E-state index in [2.05, 4.69) is 15.0 Å². The SMILES string of the molecule is Cc1ccc(F)c(S(=O)(=O)Nc2ccc(NC(=O)CCn3c(=O)[nH]c(=O)c4ccccc43)cc2)c1. The molecule has 0 aliphatic carbocycles. The number of rotatable bonds is 7. The van der Waals surface area contributed by atoms with E-state index in [1.807, 2.05) is 0 Å². The molecule has 3 aromatic carbocycles. The number of carbonyl (C=O) groups is 1. The molecule has 0 unspecified atom stereocenters. The Balaban J connectivity index is 1.42. The molecular weight excluding hydrogens is 475 g/mol. The van der Waals surface area contributed by atoms with Gasteiger partial charge in [-0.05, 0) is 61.0 Å². The van der Waals surface area contributed by atoms with Crippen LogP contribution in [0.15, 0.2) is 81.2 Å². The number of aromatic nitrogens is 2. The highest BCUT2D eigenvalue weighted by atomic mass is 32.2. The maximum absolute atomic E-state index is 14.0. The highest BCUT2D eigenvalue weighted by molar-refractivity contribution is 7.92. The molecular formula is C24H21FN4O5S. The number of para-hydroxylation sites is 1. The van der Waals surface area contributed by atoms with Crippen molar-refractivity contribution in [2.24, 2.45) is 0 Å². The average molecular weight is 497 g/mol. The van der Waals surface area contributed by atoms with Crippen molar-refractivity contribution < 1.29 is 17.6 Å². The Bertz CT molecular complexity index is 1640. The Labute approximate surface area is 199 Å². The van der Waals surface area contributed by atoms with Gasteiger partial charge in [-0.2, -0.15) is 0 Å². The van der Waals surface area contributed by atoms with Gasteiger partial charge >= 0.3 is 5.69 Å². The third-order valence-corrected chi connectivity index (χ3v) is 6.66. The van der Waals surface area contributed by atoms with Crippen LogP contribution in [0.3, 0.4) is 0 Å². The monoisotopic (exact) mass is 496 g/mol. The molecule has 180 valence electrons. The molecule has 0 saturated carbocycles. The van der Waals surface area contributed by atoms with Crippen molar-refractivity contribution in [3.8, 4) is 0 Å². The summed E-state index contributed by atoms with van der Waals surface area (Å²) in [4.78, 5) is 38.4. The highest BCUT2D eigenvalue weighted by Gasteiger charge is 2.19. The topological polar surface area (TPSA) is 130 Å². The predicted molar refractivity (Wildman–Crippen MR) is 130 cm³/mol. The van der Waals surface area contributed by atoms with Crippen molar-refractivity contribution in [2.45, 2.75) is 24.8 Å². The van der Waals surface area contributed by atoms with Crippen molar-refractivity contribution in [1.29, 1.82) is 0 Å². The van der Waals surface area contributed by atoms with Gasteiger partial charge in [-0.1, -0.05) is 18.2 Å². The number of aromatic amines is 1. The lowest BCUT2D eigenvalue weighted by Gasteiger charge is -2.11. The van der Waals surface area contributed by atoms with Crippen LogP contribution in [-0.4, -0.2) is 23.9 Å². The number of hydrogen-bond donors (Lipinski definition) is 3. The smallest absolute Gasteiger partial charge is 0.326 e. The van der Waals surface area contributed by atoms with Gasteiger partial charge in [0.15, 0.2) is 0 Å². The summed E-state index contributed by atoms with van der Waals surface area (Å²) in [5.74, 6) is -1.25. The van der Waals surface area contributed by atoms with E-state index in [-0.39, 0.29) is 24.6 Å². The lowest BCUT2D eigenvalue weighted by Crippen LogP contribution is -2.31. The second-order valence-corrected chi connectivity index (χ2v) is 9.49. The van der Waals surface area contributed by atoms with Gasteiger partial charge in [0.2, 0.25) is 5.91 Å².